The molecular weight excluding hydrogens is 352 g/mol. The highest BCUT2D eigenvalue weighted by atomic mass is 32.2. The van der Waals surface area contributed by atoms with Gasteiger partial charge < -0.3 is 5.73 Å². The number of pyridine rings is 1. The Hall–Kier alpha value is -3.20. The summed E-state index contributed by atoms with van der Waals surface area (Å²) in [5.74, 6) is 0.106. The van der Waals surface area contributed by atoms with Crippen molar-refractivity contribution in [1.29, 1.82) is 0 Å². The number of hydrogen-bond donors (Lipinski definition) is 2. The normalized spacial score (nSPS) is 10.5. The minimum absolute atomic E-state index is 0.0139. The van der Waals surface area contributed by atoms with Crippen molar-refractivity contribution in [3.05, 3.63) is 54.4 Å². The summed E-state index contributed by atoms with van der Waals surface area (Å²) >= 11 is 1.17. The molecule has 0 spiro atoms. The van der Waals surface area contributed by atoms with Crippen LogP contribution in [0.15, 0.2) is 53.9 Å². The summed E-state index contributed by atoms with van der Waals surface area (Å²) in [6, 6.07) is 10.6. The van der Waals surface area contributed by atoms with Crippen LogP contribution in [0.4, 0.5) is 4.79 Å². The first kappa shape index (κ1) is 17.6. The highest BCUT2D eigenvalue weighted by Crippen LogP contribution is 2.28. The number of nitrogens with zero attached hydrogens (tertiary/aromatic N) is 4. The van der Waals surface area contributed by atoms with Crippen LogP contribution in [0.1, 0.15) is 5.56 Å². The van der Waals surface area contributed by atoms with E-state index in [1.807, 2.05) is 53.2 Å². The third-order valence-electron chi connectivity index (χ3n) is 3.50. The number of nitrogens with two attached hydrogens (primary N) is 1. The Morgan fingerprint density at radius 2 is 2.00 bits per heavy atom. The SMILES string of the molecule is Cc1ccccc1-n1c(SCC(=O)NC(N)=O)nnc1-c1cccnc1. The van der Waals surface area contributed by atoms with E-state index in [1.165, 1.54) is 11.8 Å². The molecule has 3 aromatic rings. The van der Waals surface area contributed by atoms with Crippen molar-refractivity contribution in [1.82, 2.24) is 25.1 Å². The number of primary amides is 1. The number of urea groups is 1. The second-order valence-corrected chi connectivity index (χ2v) is 6.31. The van der Waals surface area contributed by atoms with Crippen LogP contribution in [-0.4, -0.2) is 37.4 Å². The molecular formula is C17H16N6O2S. The van der Waals surface area contributed by atoms with Crippen LogP contribution in [0.3, 0.4) is 0 Å². The quantitative estimate of drug-likeness (QED) is 0.665. The van der Waals surface area contributed by atoms with Gasteiger partial charge in [-0.3, -0.25) is 19.7 Å². The van der Waals surface area contributed by atoms with Gasteiger partial charge in [-0.25, -0.2) is 4.79 Å². The van der Waals surface area contributed by atoms with Gasteiger partial charge in [-0.15, -0.1) is 10.2 Å². The van der Waals surface area contributed by atoms with E-state index in [4.69, 9.17) is 5.73 Å². The zero-order valence-electron chi connectivity index (χ0n) is 13.9. The van der Waals surface area contributed by atoms with Gasteiger partial charge in [-0.2, -0.15) is 0 Å². The fourth-order valence-electron chi connectivity index (χ4n) is 2.38. The second kappa shape index (κ2) is 7.79. The Balaban J connectivity index is 2.00. The molecule has 3 rings (SSSR count). The van der Waals surface area contributed by atoms with Crippen molar-refractivity contribution < 1.29 is 9.59 Å². The molecule has 0 bridgehead atoms. The Morgan fingerprint density at radius 3 is 2.69 bits per heavy atom. The number of carbonyl (C=O) groups is 2. The lowest BCUT2D eigenvalue weighted by Gasteiger charge is -2.12. The van der Waals surface area contributed by atoms with E-state index in [0.29, 0.717) is 11.0 Å². The van der Waals surface area contributed by atoms with Crippen molar-refractivity contribution in [2.45, 2.75) is 12.1 Å². The van der Waals surface area contributed by atoms with E-state index < -0.39 is 11.9 Å². The molecule has 2 heterocycles. The third kappa shape index (κ3) is 3.89. The van der Waals surface area contributed by atoms with Gasteiger partial charge in [0, 0.05) is 18.0 Å². The molecule has 9 heteroatoms. The number of aromatic nitrogens is 4. The largest absolute Gasteiger partial charge is 0.351 e. The number of carbonyl (C=O) groups excluding carboxylic acids is 2. The molecule has 0 saturated heterocycles. The second-order valence-electron chi connectivity index (χ2n) is 5.37. The zero-order chi connectivity index (χ0) is 18.5. The Labute approximate surface area is 153 Å². The summed E-state index contributed by atoms with van der Waals surface area (Å²) in [5, 5.41) is 11.0. The Kier molecular flexibility index (Phi) is 5.28. The minimum Gasteiger partial charge on any atom is -0.351 e. The van der Waals surface area contributed by atoms with Gasteiger partial charge in [0.05, 0.1) is 11.4 Å². The molecule has 0 aliphatic rings. The topological polar surface area (TPSA) is 116 Å². The molecule has 3 N–H and O–H groups in total. The number of amides is 3. The minimum atomic E-state index is -0.882. The molecule has 0 atom stereocenters. The van der Waals surface area contributed by atoms with E-state index in [9.17, 15) is 9.59 Å². The van der Waals surface area contributed by atoms with Crippen LogP contribution in [0.25, 0.3) is 17.1 Å². The fourth-order valence-corrected chi connectivity index (χ4v) is 3.13. The summed E-state index contributed by atoms with van der Waals surface area (Å²) in [4.78, 5) is 26.6. The van der Waals surface area contributed by atoms with Crippen LogP contribution < -0.4 is 11.1 Å². The molecule has 8 nitrogen and oxygen atoms in total. The highest BCUT2D eigenvalue weighted by Gasteiger charge is 2.18. The first-order chi connectivity index (χ1) is 12.6. The van der Waals surface area contributed by atoms with E-state index in [0.717, 1.165) is 16.8 Å². The number of rotatable bonds is 5. The predicted octanol–water partition coefficient (Wildman–Crippen LogP) is 1.92. The maximum Gasteiger partial charge on any atom is 0.318 e. The first-order valence-corrected chi connectivity index (χ1v) is 8.68. The molecule has 3 amide bonds. The molecule has 0 saturated carbocycles. The van der Waals surface area contributed by atoms with Gasteiger partial charge in [0.25, 0.3) is 0 Å². The number of aryl methyl sites for hydroxylation is 1. The third-order valence-corrected chi connectivity index (χ3v) is 4.43. The first-order valence-electron chi connectivity index (χ1n) is 7.70. The number of thioether (sulfide) groups is 1. The number of benzene rings is 1. The molecule has 0 radical (unpaired) electrons. The average molecular weight is 368 g/mol. The van der Waals surface area contributed by atoms with Crippen LogP contribution in [0.5, 0.6) is 0 Å². The van der Waals surface area contributed by atoms with E-state index in [1.54, 1.807) is 12.4 Å². The standard InChI is InChI=1S/C17H16N6O2S/c1-11-5-2-3-7-13(11)23-15(12-6-4-8-19-9-12)21-22-17(23)26-10-14(24)20-16(18)25/h2-9H,10H2,1H3,(H3,18,20,24,25). The number of nitrogens with one attached hydrogen (secondary N) is 1. The Bertz CT molecular complexity index is 941. The van der Waals surface area contributed by atoms with Crippen molar-refractivity contribution in [3.8, 4) is 17.1 Å². The summed E-state index contributed by atoms with van der Waals surface area (Å²) in [6.45, 7) is 1.98. The van der Waals surface area contributed by atoms with Crippen molar-refractivity contribution in [2.75, 3.05) is 5.75 Å². The molecule has 0 unspecified atom stereocenters. The van der Waals surface area contributed by atoms with Gasteiger partial charge in [-0.05, 0) is 30.7 Å². The molecule has 26 heavy (non-hydrogen) atoms. The van der Waals surface area contributed by atoms with Gasteiger partial charge in [-0.1, -0.05) is 30.0 Å². The van der Waals surface area contributed by atoms with Gasteiger partial charge in [0.2, 0.25) is 5.91 Å². The van der Waals surface area contributed by atoms with E-state index >= 15 is 0 Å². The number of imide groups is 1. The smallest absolute Gasteiger partial charge is 0.318 e. The van der Waals surface area contributed by atoms with E-state index in [-0.39, 0.29) is 5.75 Å². The van der Waals surface area contributed by atoms with Crippen LogP contribution in [-0.2, 0) is 4.79 Å². The van der Waals surface area contributed by atoms with Crippen molar-refractivity contribution in [3.63, 3.8) is 0 Å². The monoisotopic (exact) mass is 368 g/mol. The number of para-hydroxylation sites is 1. The van der Waals surface area contributed by atoms with Gasteiger partial charge in [0.15, 0.2) is 11.0 Å². The van der Waals surface area contributed by atoms with Gasteiger partial charge >= 0.3 is 6.03 Å². The molecule has 0 aliphatic carbocycles. The fraction of sp³-hybridized carbons (Fsp3) is 0.118. The highest BCUT2D eigenvalue weighted by molar-refractivity contribution is 7.99. The lowest BCUT2D eigenvalue weighted by Crippen LogP contribution is -2.36. The van der Waals surface area contributed by atoms with Gasteiger partial charge in [0.1, 0.15) is 0 Å². The van der Waals surface area contributed by atoms with Crippen molar-refractivity contribution in [2.24, 2.45) is 5.73 Å². The lowest BCUT2D eigenvalue weighted by atomic mass is 10.2. The van der Waals surface area contributed by atoms with Crippen LogP contribution in [0, 0.1) is 6.92 Å². The lowest BCUT2D eigenvalue weighted by molar-refractivity contribution is -0.117. The van der Waals surface area contributed by atoms with Crippen LogP contribution >= 0.6 is 11.8 Å². The van der Waals surface area contributed by atoms with Crippen LogP contribution in [0.2, 0.25) is 0 Å². The van der Waals surface area contributed by atoms with Crippen molar-refractivity contribution >= 4 is 23.7 Å². The maximum atomic E-state index is 11.7. The average Bonchev–Trinajstić information content (AvgIpc) is 3.04. The summed E-state index contributed by atoms with van der Waals surface area (Å²) in [6.07, 6.45) is 3.38. The molecule has 0 fully saturated rings. The Morgan fingerprint density at radius 1 is 1.19 bits per heavy atom. The summed E-state index contributed by atoms with van der Waals surface area (Å²) < 4.78 is 1.87. The molecule has 2 aromatic heterocycles. The van der Waals surface area contributed by atoms with E-state index in [2.05, 4.69) is 15.2 Å². The summed E-state index contributed by atoms with van der Waals surface area (Å²) in [5.41, 5.74) is 7.69. The maximum absolute atomic E-state index is 11.7. The molecule has 132 valence electrons. The zero-order valence-corrected chi connectivity index (χ0v) is 14.7. The predicted molar refractivity (Wildman–Crippen MR) is 97.8 cm³/mol. The molecule has 1 aromatic carbocycles. The number of hydrogen-bond acceptors (Lipinski definition) is 6. The molecule has 0 aliphatic heterocycles. The summed E-state index contributed by atoms with van der Waals surface area (Å²) in [7, 11) is 0.